The van der Waals surface area contributed by atoms with Crippen molar-refractivity contribution in [2.75, 3.05) is 11.9 Å². The van der Waals surface area contributed by atoms with Crippen LogP contribution in [0, 0.1) is 0 Å². The zero-order chi connectivity index (χ0) is 15.1. The largest absolute Gasteiger partial charge is 0.369 e. The molecule has 0 aliphatic carbocycles. The molecule has 0 unspecified atom stereocenters. The molecule has 3 aromatic rings. The highest BCUT2D eigenvalue weighted by atomic mass is 79.9. The Hall–Kier alpha value is -1.78. The van der Waals surface area contributed by atoms with E-state index in [0.717, 1.165) is 45.2 Å². The van der Waals surface area contributed by atoms with Gasteiger partial charge in [0.1, 0.15) is 5.82 Å². The fraction of sp³-hybridized carbons (Fsp3) is 0.118. The summed E-state index contributed by atoms with van der Waals surface area (Å²) in [4.78, 5) is 0. The van der Waals surface area contributed by atoms with Gasteiger partial charge in [0.15, 0.2) is 0 Å². The summed E-state index contributed by atoms with van der Waals surface area (Å²) >= 11 is 9.75. The van der Waals surface area contributed by atoms with Crippen LogP contribution in [0.4, 0.5) is 5.82 Å². The maximum absolute atomic E-state index is 6.14. The quantitative estimate of drug-likeness (QED) is 0.690. The Kier molecular flexibility index (Phi) is 3.43. The molecule has 0 saturated heterocycles. The van der Waals surface area contributed by atoms with Crippen LogP contribution in [0.25, 0.3) is 16.9 Å². The van der Waals surface area contributed by atoms with Crippen molar-refractivity contribution in [1.29, 1.82) is 0 Å². The standard InChI is InChI=1S/C17H13BrClN3/c18-14-6-1-2-7-15(14)22-17-13(8-9-20-17)16(21-22)11-4-3-5-12(19)10-11/h1-7,10,20H,8-9H2. The van der Waals surface area contributed by atoms with Gasteiger partial charge in [0.05, 0.1) is 11.4 Å². The predicted molar refractivity (Wildman–Crippen MR) is 93.9 cm³/mol. The normalized spacial score (nSPS) is 13.0. The Morgan fingerprint density at radius 2 is 2.00 bits per heavy atom. The van der Waals surface area contributed by atoms with Crippen LogP contribution in [-0.4, -0.2) is 16.3 Å². The molecule has 5 heteroatoms. The first-order valence-electron chi connectivity index (χ1n) is 7.10. The lowest BCUT2D eigenvalue weighted by atomic mass is 10.1. The molecular formula is C17H13BrClN3. The number of hydrogen-bond donors (Lipinski definition) is 1. The van der Waals surface area contributed by atoms with Crippen LogP contribution in [0.5, 0.6) is 0 Å². The number of rotatable bonds is 2. The number of anilines is 1. The minimum absolute atomic E-state index is 0.729. The summed E-state index contributed by atoms with van der Waals surface area (Å²) in [5.74, 6) is 1.07. The predicted octanol–water partition coefficient (Wildman–Crippen LogP) is 4.92. The number of nitrogens with zero attached hydrogens (tertiary/aromatic N) is 2. The molecule has 2 aromatic carbocycles. The molecule has 0 radical (unpaired) electrons. The van der Waals surface area contributed by atoms with Gasteiger partial charge in [0.2, 0.25) is 0 Å². The van der Waals surface area contributed by atoms with Gasteiger partial charge in [-0.2, -0.15) is 5.10 Å². The van der Waals surface area contributed by atoms with E-state index in [0.29, 0.717) is 0 Å². The van der Waals surface area contributed by atoms with Gasteiger partial charge in [0, 0.05) is 27.2 Å². The summed E-state index contributed by atoms with van der Waals surface area (Å²) in [5, 5.41) is 9.01. The molecule has 0 saturated carbocycles. The first kappa shape index (κ1) is 13.9. The maximum Gasteiger partial charge on any atom is 0.133 e. The van der Waals surface area contributed by atoms with Gasteiger partial charge in [-0.1, -0.05) is 35.9 Å². The first-order chi connectivity index (χ1) is 10.7. The van der Waals surface area contributed by atoms with Crippen molar-refractivity contribution in [3.05, 3.63) is 63.6 Å². The van der Waals surface area contributed by atoms with E-state index >= 15 is 0 Å². The van der Waals surface area contributed by atoms with E-state index in [1.54, 1.807) is 0 Å². The number of fused-ring (bicyclic) bond motifs is 1. The molecule has 3 nitrogen and oxygen atoms in total. The molecule has 0 atom stereocenters. The van der Waals surface area contributed by atoms with Crippen molar-refractivity contribution in [2.24, 2.45) is 0 Å². The van der Waals surface area contributed by atoms with Crippen LogP contribution in [0.3, 0.4) is 0 Å². The summed E-state index contributed by atoms with van der Waals surface area (Å²) in [6.07, 6.45) is 0.974. The van der Waals surface area contributed by atoms with Crippen molar-refractivity contribution in [1.82, 2.24) is 9.78 Å². The van der Waals surface area contributed by atoms with Crippen LogP contribution in [0.2, 0.25) is 5.02 Å². The number of para-hydroxylation sites is 1. The zero-order valence-electron chi connectivity index (χ0n) is 11.7. The zero-order valence-corrected chi connectivity index (χ0v) is 14.0. The molecule has 2 heterocycles. The Balaban J connectivity index is 1.93. The molecule has 4 rings (SSSR count). The average molecular weight is 375 g/mol. The van der Waals surface area contributed by atoms with Crippen LogP contribution >= 0.6 is 27.5 Å². The Labute approximate surface area is 142 Å². The van der Waals surface area contributed by atoms with Gasteiger partial charge in [0.25, 0.3) is 0 Å². The molecule has 0 fully saturated rings. The number of halogens is 2. The minimum atomic E-state index is 0.729. The summed E-state index contributed by atoms with van der Waals surface area (Å²) < 4.78 is 2.99. The van der Waals surface area contributed by atoms with Crippen molar-refractivity contribution < 1.29 is 0 Å². The van der Waals surface area contributed by atoms with Crippen LogP contribution in [-0.2, 0) is 6.42 Å². The fourth-order valence-electron chi connectivity index (χ4n) is 2.84. The van der Waals surface area contributed by atoms with Crippen LogP contribution < -0.4 is 5.32 Å². The topological polar surface area (TPSA) is 29.9 Å². The molecule has 22 heavy (non-hydrogen) atoms. The molecule has 0 spiro atoms. The molecular weight excluding hydrogens is 362 g/mol. The van der Waals surface area contributed by atoms with Gasteiger partial charge < -0.3 is 5.32 Å². The van der Waals surface area contributed by atoms with E-state index in [4.69, 9.17) is 16.7 Å². The average Bonchev–Trinajstić information content (AvgIpc) is 3.10. The van der Waals surface area contributed by atoms with E-state index in [-0.39, 0.29) is 0 Å². The highest BCUT2D eigenvalue weighted by Crippen LogP contribution is 2.36. The minimum Gasteiger partial charge on any atom is -0.369 e. The van der Waals surface area contributed by atoms with Crippen molar-refractivity contribution in [2.45, 2.75) is 6.42 Å². The Morgan fingerprint density at radius 3 is 2.82 bits per heavy atom. The van der Waals surface area contributed by atoms with Crippen molar-refractivity contribution >= 4 is 33.3 Å². The lowest BCUT2D eigenvalue weighted by molar-refractivity contribution is 0.878. The van der Waals surface area contributed by atoms with E-state index in [1.807, 2.05) is 41.1 Å². The molecule has 1 aromatic heterocycles. The first-order valence-corrected chi connectivity index (χ1v) is 8.28. The smallest absolute Gasteiger partial charge is 0.133 e. The van der Waals surface area contributed by atoms with Gasteiger partial charge in [-0.05, 0) is 46.6 Å². The lowest BCUT2D eigenvalue weighted by Gasteiger charge is -2.08. The molecule has 0 bridgehead atoms. The van der Waals surface area contributed by atoms with Crippen LogP contribution in [0.1, 0.15) is 5.56 Å². The van der Waals surface area contributed by atoms with Crippen molar-refractivity contribution in [3.8, 4) is 16.9 Å². The Morgan fingerprint density at radius 1 is 1.14 bits per heavy atom. The number of hydrogen-bond acceptors (Lipinski definition) is 2. The molecule has 0 amide bonds. The monoisotopic (exact) mass is 373 g/mol. The van der Waals surface area contributed by atoms with Gasteiger partial charge >= 0.3 is 0 Å². The maximum atomic E-state index is 6.14. The number of benzene rings is 2. The van der Waals surface area contributed by atoms with E-state index in [9.17, 15) is 0 Å². The number of aromatic nitrogens is 2. The number of nitrogens with one attached hydrogen (secondary N) is 1. The summed E-state index contributed by atoms with van der Waals surface area (Å²) in [5.41, 5.74) is 4.33. The summed E-state index contributed by atoms with van der Waals surface area (Å²) in [6, 6.07) is 16.0. The molecule has 110 valence electrons. The second-order valence-electron chi connectivity index (χ2n) is 5.23. The Bertz CT molecular complexity index is 857. The van der Waals surface area contributed by atoms with E-state index in [2.05, 4.69) is 33.4 Å². The SMILES string of the molecule is Clc1cccc(-c2nn(-c3ccccc3Br)c3c2CCN3)c1. The van der Waals surface area contributed by atoms with Gasteiger partial charge in [-0.25, -0.2) is 4.68 Å². The lowest BCUT2D eigenvalue weighted by Crippen LogP contribution is -2.04. The summed E-state index contributed by atoms with van der Waals surface area (Å²) in [7, 11) is 0. The van der Waals surface area contributed by atoms with E-state index in [1.165, 1.54) is 5.56 Å². The van der Waals surface area contributed by atoms with Crippen molar-refractivity contribution in [3.63, 3.8) is 0 Å². The molecule has 1 N–H and O–H groups in total. The van der Waals surface area contributed by atoms with Crippen LogP contribution in [0.15, 0.2) is 53.0 Å². The highest BCUT2D eigenvalue weighted by molar-refractivity contribution is 9.10. The second-order valence-corrected chi connectivity index (χ2v) is 6.52. The third-order valence-electron chi connectivity index (χ3n) is 3.83. The summed E-state index contributed by atoms with van der Waals surface area (Å²) in [6.45, 7) is 0.936. The molecule has 1 aliphatic rings. The van der Waals surface area contributed by atoms with E-state index < -0.39 is 0 Å². The van der Waals surface area contributed by atoms with Gasteiger partial charge in [-0.3, -0.25) is 0 Å². The third kappa shape index (κ3) is 2.23. The molecule has 1 aliphatic heterocycles. The second kappa shape index (κ2) is 5.45. The fourth-order valence-corrected chi connectivity index (χ4v) is 3.48. The highest BCUT2D eigenvalue weighted by Gasteiger charge is 2.24. The van der Waals surface area contributed by atoms with Gasteiger partial charge in [-0.15, -0.1) is 0 Å². The third-order valence-corrected chi connectivity index (χ3v) is 4.74.